The van der Waals surface area contributed by atoms with Crippen molar-refractivity contribution in [3.05, 3.63) is 75.2 Å². The Hall–Kier alpha value is -3.38. The van der Waals surface area contributed by atoms with Gasteiger partial charge in [-0.2, -0.15) is 0 Å². The van der Waals surface area contributed by atoms with Gasteiger partial charge in [0.1, 0.15) is 21.2 Å². The molecule has 1 aliphatic rings. The van der Waals surface area contributed by atoms with E-state index in [1.165, 1.54) is 6.26 Å². The van der Waals surface area contributed by atoms with Gasteiger partial charge in [0.25, 0.3) is 5.56 Å². The Balaban J connectivity index is 1.35. The number of rotatable bonds is 9. The van der Waals surface area contributed by atoms with Gasteiger partial charge in [0, 0.05) is 62.4 Å². The van der Waals surface area contributed by atoms with Gasteiger partial charge in [0.2, 0.25) is 0 Å². The molecule has 0 spiro atoms. The van der Waals surface area contributed by atoms with Crippen LogP contribution in [0.3, 0.4) is 0 Å². The molecule has 4 N–H and O–H groups in total. The number of anilines is 2. The van der Waals surface area contributed by atoms with E-state index in [9.17, 15) is 18.3 Å². The monoisotopic (exact) mass is 584 g/mol. The summed E-state index contributed by atoms with van der Waals surface area (Å²) >= 11 is 6.06. The molecule has 2 aromatic heterocycles. The SMILES string of the molecule is Cc1cc(N2CCN(CCS(C)(=O)=O)CC2)cc2[nH]c(-c3c(NCC(O)c4cccc(Cl)c4)cc[nH]c3=O)nc12. The highest BCUT2D eigenvalue weighted by atomic mass is 35.5. The molecule has 212 valence electrons. The molecular formula is C28H33ClN6O4S. The fraction of sp³-hybridized carbons (Fsp3) is 0.357. The van der Waals surface area contributed by atoms with Crippen molar-refractivity contribution in [1.82, 2.24) is 19.9 Å². The topological polar surface area (TPSA) is 134 Å². The molecular weight excluding hydrogens is 552 g/mol. The summed E-state index contributed by atoms with van der Waals surface area (Å²) < 4.78 is 23.0. The number of sulfone groups is 1. The molecule has 1 aliphatic heterocycles. The van der Waals surface area contributed by atoms with Gasteiger partial charge in [0.05, 0.1) is 28.6 Å². The van der Waals surface area contributed by atoms with Crippen molar-refractivity contribution < 1.29 is 13.5 Å². The number of nitrogens with zero attached hydrogens (tertiary/aromatic N) is 3. The number of H-pyrrole nitrogens is 2. The molecule has 10 nitrogen and oxygen atoms in total. The van der Waals surface area contributed by atoms with Crippen LogP contribution in [-0.2, 0) is 9.84 Å². The minimum atomic E-state index is -2.98. The Morgan fingerprint density at radius 3 is 2.65 bits per heavy atom. The summed E-state index contributed by atoms with van der Waals surface area (Å²) in [5.41, 5.74) is 4.90. The fourth-order valence-corrected chi connectivity index (χ4v) is 5.78. The van der Waals surface area contributed by atoms with E-state index in [-0.39, 0.29) is 17.9 Å². The lowest BCUT2D eigenvalue weighted by atomic mass is 10.1. The number of halogens is 1. The van der Waals surface area contributed by atoms with Crippen molar-refractivity contribution in [2.75, 3.05) is 61.5 Å². The molecule has 0 amide bonds. The first-order valence-corrected chi connectivity index (χ1v) is 15.6. The van der Waals surface area contributed by atoms with Gasteiger partial charge in [-0.15, -0.1) is 0 Å². The van der Waals surface area contributed by atoms with E-state index in [2.05, 4.69) is 31.2 Å². The number of nitrogens with one attached hydrogen (secondary N) is 3. The maximum atomic E-state index is 12.9. The van der Waals surface area contributed by atoms with E-state index in [4.69, 9.17) is 16.6 Å². The smallest absolute Gasteiger partial charge is 0.261 e. The molecule has 0 saturated carbocycles. The molecule has 1 fully saturated rings. The van der Waals surface area contributed by atoms with Gasteiger partial charge in [-0.05, 0) is 48.4 Å². The summed E-state index contributed by atoms with van der Waals surface area (Å²) in [6.07, 6.45) is 2.01. The molecule has 0 radical (unpaired) electrons. The van der Waals surface area contributed by atoms with Crippen molar-refractivity contribution in [2.24, 2.45) is 0 Å². The average molecular weight is 585 g/mol. The predicted octanol–water partition coefficient (Wildman–Crippen LogP) is 3.19. The van der Waals surface area contributed by atoms with E-state index in [0.29, 0.717) is 34.2 Å². The van der Waals surface area contributed by atoms with Crippen LogP contribution in [0.4, 0.5) is 11.4 Å². The molecule has 5 rings (SSSR count). The Kier molecular flexibility index (Phi) is 8.18. The van der Waals surface area contributed by atoms with Crippen LogP contribution in [0.2, 0.25) is 5.02 Å². The number of piperazine rings is 1. The van der Waals surface area contributed by atoms with Gasteiger partial charge in [-0.1, -0.05) is 23.7 Å². The third-order valence-electron chi connectivity index (χ3n) is 7.19. The number of aliphatic hydroxyl groups excluding tert-OH is 1. The number of aryl methyl sites for hydroxylation is 1. The number of aliphatic hydroxyl groups is 1. The highest BCUT2D eigenvalue weighted by Crippen LogP contribution is 2.30. The van der Waals surface area contributed by atoms with Crippen molar-refractivity contribution in [1.29, 1.82) is 0 Å². The summed E-state index contributed by atoms with van der Waals surface area (Å²) in [6, 6.07) is 12.9. The minimum Gasteiger partial charge on any atom is -0.387 e. The lowest BCUT2D eigenvalue weighted by Gasteiger charge is -2.36. The zero-order valence-electron chi connectivity index (χ0n) is 22.4. The maximum absolute atomic E-state index is 12.9. The van der Waals surface area contributed by atoms with Crippen LogP contribution in [0.15, 0.2) is 53.5 Å². The van der Waals surface area contributed by atoms with Gasteiger partial charge in [-0.25, -0.2) is 13.4 Å². The number of imidazole rings is 1. The second-order valence-corrected chi connectivity index (χ2v) is 12.9. The number of fused-ring (bicyclic) bond motifs is 1. The first kappa shape index (κ1) is 28.2. The molecule has 12 heteroatoms. The predicted molar refractivity (Wildman–Crippen MR) is 160 cm³/mol. The maximum Gasteiger partial charge on any atom is 0.261 e. The largest absolute Gasteiger partial charge is 0.387 e. The summed E-state index contributed by atoms with van der Waals surface area (Å²) in [6.45, 7) is 5.87. The normalized spacial score (nSPS) is 15.4. The zero-order valence-corrected chi connectivity index (χ0v) is 24.0. The van der Waals surface area contributed by atoms with Crippen molar-refractivity contribution >= 4 is 43.8 Å². The van der Waals surface area contributed by atoms with Crippen LogP contribution in [-0.4, -0.2) is 84.7 Å². The lowest BCUT2D eigenvalue weighted by molar-refractivity contribution is 0.191. The second-order valence-electron chi connectivity index (χ2n) is 10.2. The third kappa shape index (κ3) is 6.49. The minimum absolute atomic E-state index is 0.171. The fourth-order valence-electron chi connectivity index (χ4n) is 5.00. The van der Waals surface area contributed by atoms with E-state index in [0.717, 1.165) is 48.5 Å². The van der Waals surface area contributed by atoms with Crippen LogP contribution in [0.1, 0.15) is 17.2 Å². The highest BCUT2D eigenvalue weighted by Gasteiger charge is 2.21. The molecule has 4 aromatic rings. The lowest BCUT2D eigenvalue weighted by Crippen LogP contribution is -2.47. The Morgan fingerprint density at radius 2 is 1.93 bits per heavy atom. The molecule has 1 unspecified atom stereocenters. The summed E-state index contributed by atoms with van der Waals surface area (Å²) in [5, 5.41) is 14.4. The average Bonchev–Trinajstić information content (AvgIpc) is 3.35. The number of benzene rings is 2. The Bertz CT molecular complexity index is 1680. The van der Waals surface area contributed by atoms with E-state index in [1.54, 1.807) is 36.5 Å². The molecule has 40 heavy (non-hydrogen) atoms. The number of aromatic nitrogens is 3. The van der Waals surface area contributed by atoms with E-state index in [1.807, 2.05) is 13.0 Å². The van der Waals surface area contributed by atoms with Crippen molar-refractivity contribution in [3.63, 3.8) is 0 Å². The van der Waals surface area contributed by atoms with Crippen molar-refractivity contribution in [3.8, 4) is 11.4 Å². The van der Waals surface area contributed by atoms with Crippen LogP contribution in [0.5, 0.6) is 0 Å². The standard InChI is InChI=1S/C28H33ClN6O4S/c1-18-14-21(35-10-8-34(9-11-35)12-13-40(2,38)39)16-23-26(18)33-27(32-23)25-22(6-7-30-28(25)37)31-17-24(36)19-4-3-5-20(29)15-19/h3-7,14-16,24,36H,8-13,17H2,1-2H3,(H,32,33)(H2,30,31,37). The van der Waals surface area contributed by atoms with Gasteiger partial charge in [-0.3, -0.25) is 9.69 Å². The van der Waals surface area contributed by atoms with Gasteiger partial charge in [0.15, 0.2) is 0 Å². The van der Waals surface area contributed by atoms with E-state index >= 15 is 0 Å². The van der Waals surface area contributed by atoms with Crippen molar-refractivity contribution in [2.45, 2.75) is 13.0 Å². The Labute approximate surface area is 237 Å². The summed E-state index contributed by atoms with van der Waals surface area (Å²) in [5.74, 6) is 0.603. The van der Waals surface area contributed by atoms with Gasteiger partial charge < -0.3 is 25.3 Å². The van der Waals surface area contributed by atoms with Crippen LogP contribution < -0.4 is 15.8 Å². The number of hydrogen-bond donors (Lipinski definition) is 4. The molecule has 0 bridgehead atoms. The first-order chi connectivity index (χ1) is 19.1. The van der Waals surface area contributed by atoms with Crippen LogP contribution >= 0.6 is 11.6 Å². The van der Waals surface area contributed by atoms with Crippen LogP contribution in [0.25, 0.3) is 22.4 Å². The summed E-state index contributed by atoms with van der Waals surface area (Å²) in [4.78, 5) is 28.2. The molecule has 1 atom stereocenters. The van der Waals surface area contributed by atoms with Gasteiger partial charge >= 0.3 is 0 Å². The molecule has 3 heterocycles. The second kappa shape index (κ2) is 11.6. The highest BCUT2D eigenvalue weighted by molar-refractivity contribution is 7.90. The quantitative estimate of drug-likeness (QED) is 0.236. The number of aromatic amines is 2. The van der Waals surface area contributed by atoms with E-state index < -0.39 is 15.9 Å². The first-order valence-electron chi connectivity index (χ1n) is 13.1. The number of hydrogen-bond acceptors (Lipinski definition) is 8. The zero-order chi connectivity index (χ0) is 28.4. The molecule has 2 aromatic carbocycles. The Morgan fingerprint density at radius 1 is 1.15 bits per heavy atom. The molecule has 1 saturated heterocycles. The molecule has 0 aliphatic carbocycles. The summed E-state index contributed by atoms with van der Waals surface area (Å²) in [7, 11) is -2.98. The third-order valence-corrected chi connectivity index (χ3v) is 8.35. The number of pyridine rings is 1. The van der Waals surface area contributed by atoms with Crippen LogP contribution in [0, 0.1) is 6.92 Å².